The predicted molar refractivity (Wildman–Crippen MR) is 47.6 cm³/mol. The summed E-state index contributed by atoms with van der Waals surface area (Å²) in [5, 5.41) is 0.418. The van der Waals surface area contributed by atoms with E-state index in [1.165, 1.54) is 13.2 Å². The normalized spacial score (nSPS) is 9.46. The molecule has 1 aromatic carbocycles. The van der Waals surface area contributed by atoms with Gasteiger partial charge in [0.2, 0.25) is 0 Å². The SMILES string of the molecule is COc1ccc(Cl)cc1C(=O)ON. The third-order valence-electron chi connectivity index (χ3n) is 1.49. The smallest absolute Gasteiger partial charge is 0.360 e. The van der Waals surface area contributed by atoms with Crippen molar-refractivity contribution >= 4 is 17.6 Å². The highest BCUT2D eigenvalue weighted by Gasteiger charge is 2.13. The number of hydrogen-bond donors (Lipinski definition) is 1. The molecule has 0 aliphatic rings. The maximum absolute atomic E-state index is 11.1. The molecule has 0 saturated carbocycles. The fourth-order valence-electron chi connectivity index (χ4n) is 0.903. The standard InChI is InChI=1S/C8H8ClNO3/c1-12-7-3-2-5(9)4-6(7)8(11)13-10/h2-4H,10H2,1H3. The van der Waals surface area contributed by atoms with Crippen LogP contribution in [0.2, 0.25) is 5.02 Å². The fourth-order valence-corrected chi connectivity index (χ4v) is 1.08. The highest BCUT2D eigenvalue weighted by atomic mass is 35.5. The van der Waals surface area contributed by atoms with Crippen molar-refractivity contribution in [2.24, 2.45) is 5.90 Å². The van der Waals surface area contributed by atoms with E-state index < -0.39 is 5.97 Å². The average molecular weight is 202 g/mol. The first-order chi connectivity index (χ1) is 6.19. The number of ether oxygens (including phenoxy) is 1. The van der Waals surface area contributed by atoms with E-state index in [1.54, 1.807) is 12.1 Å². The van der Waals surface area contributed by atoms with Crippen LogP contribution in [0.5, 0.6) is 5.75 Å². The van der Waals surface area contributed by atoms with Gasteiger partial charge in [-0.1, -0.05) is 11.6 Å². The summed E-state index contributed by atoms with van der Waals surface area (Å²) >= 11 is 5.67. The van der Waals surface area contributed by atoms with E-state index in [9.17, 15) is 4.79 Å². The Morgan fingerprint density at radius 1 is 1.54 bits per heavy atom. The van der Waals surface area contributed by atoms with Gasteiger partial charge in [-0.15, -0.1) is 0 Å². The molecule has 0 aromatic heterocycles. The lowest BCUT2D eigenvalue weighted by Crippen LogP contribution is -2.11. The number of halogens is 1. The molecule has 70 valence electrons. The number of carbonyl (C=O) groups is 1. The zero-order chi connectivity index (χ0) is 9.84. The summed E-state index contributed by atoms with van der Waals surface area (Å²) in [5.74, 6) is 4.42. The lowest BCUT2D eigenvalue weighted by molar-refractivity contribution is 0.0500. The Balaban J connectivity index is 3.15. The Kier molecular flexibility index (Phi) is 3.11. The predicted octanol–water partition coefficient (Wildman–Crippen LogP) is 1.38. The molecular formula is C8H8ClNO3. The van der Waals surface area contributed by atoms with Gasteiger partial charge in [-0.3, -0.25) is 0 Å². The van der Waals surface area contributed by atoms with E-state index in [0.29, 0.717) is 10.8 Å². The van der Waals surface area contributed by atoms with Gasteiger partial charge in [0, 0.05) is 5.02 Å². The number of rotatable bonds is 2. The maximum Gasteiger partial charge on any atom is 0.360 e. The van der Waals surface area contributed by atoms with Crippen molar-refractivity contribution in [3.05, 3.63) is 28.8 Å². The zero-order valence-electron chi connectivity index (χ0n) is 6.91. The minimum Gasteiger partial charge on any atom is -0.496 e. The Hall–Kier alpha value is -1.26. The van der Waals surface area contributed by atoms with Crippen molar-refractivity contribution in [2.45, 2.75) is 0 Å². The second-order valence-electron chi connectivity index (χ2n) is 2.25. The van der Waals surface area contributed by atoms with Crippen molar-refractivity contribution < 1.29 is 14.4 Å². The molecule has 0 fully saturated rings. The first-order valence-corrected chi connectivity index (χ1v) is 3.81. The van der Waals surface area contributed by atoms with Crippen molar-refractivity contribution in [3.8, 4) is 5.75 Å². The summed E-state index contributed by atoms with van der Waals surface area (Å²) in [6.45, 7) is 0. The molecule has 5 heteroatoms. The molecule has 1 rings (SSSR count). The van der Waals surface area contributed by atoms with Crippen molar-refractivity contribution in [2.75, 3.05) is 7.11 Å². The number of benzene rings is 1. The first kappa shape index (κ1) is 9.83. The molecule has 0 spiro atoms. The van der Waals surface area contributed by atoms with E-state index in [1.807, 2.05) is 0 Å². The second kappa shape index (κ2) is 4.11. The van der Waals surface area contributed by atoms with Crippen LogP contribution in [0.15, 0.2) is 18.2 Å². The van der Waals surface area contributed by atoms with Gasteiger partial charge in [0.25, 0.3) is 0 Å². The van der Waals surface area contributed by atoms with Gasteiger partial charge in [-0.25, -0.2) is 4.79 Å². The number of nitrogens with two attached hydrogens (primary N) is 1. The molecule has 2 N–H and O–H groups in total. The van der Waals surface area contributed by atoms with E-state index in [4.69, 9.17) is 22.2 Å². The van der Waals surface area contributed by atoms with E-state index >= 15 is 0 Å². The summed E-state index contributed by atoms with van der Waals surface area (Å²) in [7, 11) is 1.44. The Bertz CT molecular complexity index is 327. The quantitative estimate of drug-likeness (QED) is 0.735. The first-order valence-electron chi connectivity index (χ1n) is 3.43. The van der Waals surface area contributed by atoms with Crippen LogP contribution in [0.3, 0.4) is 0 Å². The highest BCUT2D eigenvalue weighted by Crippen LogP contribution is 2.22. The van der Waals surface area contributed by atoms with E-state index in [2.05, 4.69) is 4.84 Å². The van der Waals surface area contributed by atoms with E-state index in [0.717, 1.165) is 0 Å². The lowest BCUT2D eigenvalue weighted by atomic mass is 10.2. The molecule has 0 radical (unpaired) electrons. The van der Waals surface area contributed by atoms with Gasteiger partial charge in [0.05, 0.1) is 7.11 Å². The number of hydrogen-bond acceptors (Lipinski definition) is 4. The molecule has 0 atom stereocenters. The van der Waals surface area contributed by atoms with Crippen LogP contribution in [0.1, 0.15) is 10.4 Å². The second-order valence-corrected chi connectivity index (χ2v) is 2.69. The third-order valence-corrected chi connectivity index (χ3v) is 1.72. The highest BCUT2D eigenvalue weighted by molar-refractivity contribution is 6.31. The molecule has 0 saturated heterocycles. The van der Waals surface area contributed by atoms with Crippen LogP contribution < -0.4 is 10.6 Å². The van der Waals surface area contributed by atoms with Crippen molar-refractivity contribution in [1.29, 1.82) is 0 Å². The molecular weight excluding hydrogens is 194 g/mol. The van der Waals surface area contributed by atoms with Gasteiger partial charge in [-0.05, 0) is 18.2 Å². The molecule has 0 unspecified atom stereocenters. The molecule has 0 aliphatic heterocycles. The largest absolute Gasteiger partial charge is 0.496 e. The Morgan fingerprint density at radius 2 is 2.23 bits per heavy atom. The topological polar surface area (TPSA) is 61.5 Å². The number of methoxy groups -OCH3 is 1. The molecule has 4 nitrogen and oxygen atoms in total. The number of carbonyl (C=O) groups excluding carboxylic acids is 1. The molecule has 0 amide bonds. The minimum absolute atomic E-state index is 0.206. The van der Waals surface area contributed by atoms with Gasteiger partial charge in [-0.2, -0.15) is 5.90 Å². The van der Waals surface area contributed by atoms with Crippen LogP contribution in [-0.2, 0) is 4.84 Å². The van der Waals surface area contributed by atoms with Gasteiger partial charge >= 0.3 is 5.97 Å². The van der Waals surface area contributed by atoms with Crippen molar-refractivity contribution in [3.63, 3.8) is 0 Å². The summed E-state index contributed by atoms with van der Waals surface area (Å²) in [4.78, 5) is 15.1. The summed E-state index contributed by atoms with van der Waals surface area (Å²) in [5.41, 5.74) is 0.206. The van der Waals surface area contributed by atoms with Gasteiger partial charge in [0.1, 0.15) is 11.3 Å². The maximum atomic E-state index is 11.1. The molecule has 13 heavy (non-hydrogen) atoms. The fraction of sp³-hybridized carbons (Fsp3) is 0.125. The summed E-state index contributed by atoms with van der Waals surface area (Å²) in [6.07, 6.45) is 0. The lowest BCUT2D eigenvalue weighted by Gasteiger charge is -2.05. The van der Waals surface area contributed by atoms with E-state index in [-0.39, 0.29) is 5.56 Å². The molecule has 0 aliphatic carbocycles. The van der Waals surface area contributed by atoms with Crippen LogP contribution in [0, 0.1) is 0 Å². The zero-order valence-corrected chi connectivity index (χ0v) is 7.67. The summed E-state index contributed by atoms with van der Waals surface area (Å²) < 4.78 is 4.91. The van der Waals surface area contributed by atoms with Crippen LogP contribution in [0.4, 0.5) is 0 Å². The third kappa shape index (κ3) is 2.11. The minimum atomic E-state index is -0.681. The Morgan fingerprint density at radius 3 is 2.77 bits per heavy atom. The summed E-state index contributed by atoms with van der Waals surface area (Å²) in [6, 6.07) is 4.60. The van der Waals surface area contributed by atoms with Crippen LogP contribution in [0.25, 0.3) is 0 Å². The van der Waals surface area contributed by atoms with Gasteiger partial charge in [0.15, 0.2) is 0 Å². The molecule has 1 aromatic rings. The Labute approximate surface area is 80.1 Å². The van der Waals surface area contributed by atoms with Crippen LogP contribution >= 0.6 is 11.6 Å². The monoisotopic (exact) mass is 201 g/mol. The van der Waals surface area contributed by atoms with Gasteiger partial charge < -0.3 is 9.57 Å². The average Bonchev–Trinajstić information content (AvgIpc) is 2.16. The molecule has 0 heterocycles. The molecule has 0 bridgehead atoms. The van der Waals surface area contributed by atoms with Crippen LogP contribution in [-0.4, -0.2) is 13.1 Å². The van der Waals surface area contributed by atoms with Crippen molar-refractivity contribution in [1.82, 2.24) is 0 Å².